The molecule has 0 aromatic rings. The van der Waals surface area contributed by atoms with Crippen LogP contribution in [0, 0.1) is 11.3 Å². The maximum atomic E-state index is 11.3. The Kier molecular flexibility index (Phi) is 4.63. The van der Waals surface area contributed by atoms with Crippen LogP contribution in [-0.4, -0.2) is 18.9 Å². The van der Waals surface area contributed by atoms with Crippen molar-refractivity contribution >= 4 is 6.16 Å². The fraction of sp³-hybridized carbons (Fsp3) is 0.923. The van der Waals surface area contributed by atoms with E-state index < -0.39 is 6.16 Å². The molecule has 0 amide bonds. The van der Waals surface area contributed by atoms with Crippen molar-refractivity contribution in [3.63, 3.8) is 0 Å². The van der Waals surface area contributed by atoms with E-state index in [2.05, 4.69) is 20.8 Å². The van der Waals surface area contributed by atoms with Crippen molar-refractivity contribution < 1.29 is 14.3 Å². The minimum atomic E-state index is -0.511. The van der Waals surface area contributed by atoms with Crippen LogP contribution in [0.5, 0.6) is 0 Å². The number of rotatable bonds is 2. The SMILES string of the molecule is CCOC(=O)O[C@@H]1CCCC[C@H]1C(C)(C)C. The predicted octanol–water partition coefficient (Wildman–Crippen LogP) is 3.76. The maximum Gasteiger partial charge on any atom is 0.508 e. The Hall–Kier alpha value is -0.730. The van der Waals surface area contributed by atoms with E-state index in [1.54, 1.807) is 6.92 Å². The number of hydrogen-bond acceptors (Lipinski definition) is 3. The third-order valence-electron chi connectivity index (χ3n) is 3.32. The van der Waals surface area contributed by atoms with E-state index in [0.717, 1.165) is 19.3 Å². The third-order valence-corrected chi connectivity index (χ3v) is 3.32. The smallest absolute Gasteiger partial charge is 0.435 e. The van der Waals surface area contributed by atoms with Crippen LogP contribution in [0.4, 0.5) is 4.79 Å². The van der Waals surface area contributed by atoms with E-state index in [1.807, 2.05) is 0 Å². The summed E-state index contributed by atoms with van der Waals surface area (Å²) in [7, 11) is 0. The highest BCUT2D eigenvalue weighted by Gasteiger charge is 2.36. The largest absolute Gasteiger partial charge is 0.508 e. The van der Waals surface area contributed by atoms with E-state index in [-0.39, 0.29) is 11.5 Å². The first-order chi connectivity index (χ1) is 7.45. The Labute approximate surface area is 98.5 Å². The molecule has 2 atom stereocenters. The molecule has 0 heterocycles. The van der Waals surface area contributed by atoms with E-state index >= 15 is 0 Å². The molecule has 1 aliphatic carbocycles. The van der Waals surface area contributed by atoms with Gasteiger partial charge in [-0.05, 0) is 31.6 Å². The average Bonchev–Trinajstić information content (AvgIpc) is 2.17. The molecule has 0 bridgehead atoms. The van der Waals surface area contributed by atoms with Crippen molar-refractivity contribution in [1.29, 1.82) is 0 Å². The normalized spacial score (nSPS) is 26.2. The minimum Gasteiger partial charge on any atom is -0.435 e. The van der Waals surface area contributed by atoms with Crippen molar-refractivity contribution in [3.8, 4) is 0 Å². The van der Waals surface area contributed by atoms with Gasteiger partial charge in [-0.1, -0.05) is 27.2 Å². The van der Waals surface area contributed by atoms with E-state index in [4.69, 9.17) is 9.47 Å². The maximum absolute atomic E-state index is 11.3. The molecule has 3 nitrogen and oxygen atoms in total. The van der Waals surface area contributed by atoms with Crippen LogP contribution in [0.2, 0.25) is 0 Å². The lowest BCUT2D eigenvalue weighted by molar-refractivity contribution is -0.0379. The fourth-order valence-corrected chi connectivity index (χ4v) is 2.50. The third kappa shape index (κ3) is 3.69. The van der Waals surface area contributed by atoms with Crippen LogP contribution in [0.3, 0.4) is 0 Å². The van der Waals surface area contributed by atoms with Crippen molar-refractivity contribution in [2.75, 3.05) is 6.61 Å². The van der Waals surface area contributed by atoms with Gasteiger partial charge in [0.25, 0.3) is 0 Å². The van der Waals surface area contributed by atoms with Crippen molar-refractivity contribution in [3.05, 3.63) is 0 Å². The average molecular weight is 228 g/mol. The van der Waals surface area contributed by atoms with Gasteiger partial charge < -0.3 is 9.47 Å². The summed E-state index contributed by atoms with van der Waals surface area (Å²) in [5.74, 6) is 0.450. The van der Waals surface area contributed by atoms with Gasteiger partial charge in [0.2, 0.25) is 0 Å². The summed E-state index contributed by atoms with van der Waals surface area (Å²) in [6.45, 7) is 8.81. The summed E-state index contributed by atoms with van der Waals surface area (Å²) in [5, 5.41) is 0. The van der Waals surface area contributed by atoms with Crippen LogP contribution < -0.4 is 0 Å². The van der Waals surface area contributed by atoms with Gasteiger partial charge in [0.05, 0.1) is 6.61 Å². The Bertz CT molecular complexity index is 230. The van der Waals surface area contributed by atoms with Gasteiger partial charge >= 0.3 is 6.16 Å². The van der Waals surface area contributed by atoms with E-state index in [0.29, 0.717) is 12.5 Å². The lowest BCUT2D eigenvalue weighted by Gasteiger charge is -2.39. The molecule has 0 aromatic heterocycles. The molecule has 1 rings (SSSR count). The quantitative estimate of drug-likeness (QED) is 0.675. The van der Waals surface area contributed by atoms with Crippen molar-refractivity contribution in [1.82, 2.24) is 0 Å². The van der Waals surface area contributed by atoms with Crippen LogP contribution in [0.25, 0.3) is 0 Å². The topological polar surface area (TPSA) is 35.5 Å². The molecule has 94 valence electrons. The summed E-state index contributed by atoms with van der Waals surface area (Å²) in [4.78, 5) is 11.3. The second kappa shape index (κ2) is 5.55. The number of carbonyl (C=O) groups excluding carboxylic acids is 1. The predicted molar refractivity (Wildman–Crippen MR) is 63.3 cm³/mol. The molecular weight excluding hydrogens is 204 g/mol. The molecule has 0 radical (unpaired) electrons. The number of hydrogen-bond donors (Lipinski definition) is 0. The molecule has 0 spiro atoms. The van der Waals surface area contributed by atoms with Gasteiger partial charge in [0, 0.05) is 5.92 Å². The van der Waals surface area contributed by atoms with Crippen LogP contribution >= 0.6 is 0 Å². The molecule has 1 aliphatic rings. The second-order valence-electron chi connectivity index (χ2n) is 5.60. The molecule has 0 N–H and O–H groups in total. The van der Waals surface area contributed by atoms with Gasteiger partial charge in [0.15, 0.2) is 0 Å². The first kappa shape index (κ1) is 13.3. The summed E-state index contributed by atoms with van der Waals surface area (Å²) in [6, 6.07) is 0. The molecule has 0 aliphatic heterocycles. The Morgan fingerprint density at radius 2 is 1.88 bits per heavy atom. The summed E-state index contributed by atoms with van der Waals surface area (Å²) in [5.41, 5.74) is 0.192. The molecule has 1 fully saturated rings. The zero-order valence-electron chi connectivity index (χ0n) is 10.9. The second-order valence-corrected chi connectivity index (χ2v) is 5.60. The molecule has 16 heavy (non-hydrogen) atoms. The summed E-state index contributed by atoms with van der Waals surface area (Å²) >= 11 is 0. The molecular formula is C13H24O3. The van der Waals surface area contributed by atoms with Gasteiger partial charge in [-0.15, -0.1) is 0 Å². The lowest BCUT2D eigenvalue weighted by Crippen LogP contribution is -2.38. The van der Waals surface area contributed by atoms with Gasteiger partial charge in [0.1, 0.15) is 6.10 Å². The molecule has 3 heteroatoms. The molecule has 0 aromatic carbocycles. The minimum absolute atomic E-state index is 0.0350. The van der Waals surface area contributed by atoms with Crippen molar-refractivity contribution in [2.24, 2.45) is 11.3 Å². The number of ether oxygens (including phenoxy) is 2. The van der Waals surface area contributed by atoms with E-state index in [9.17, 15) is 4.79 Å². The zero-order valence-corrected chi connectivity index (χ0v) is 10.9. The molecule has 1 saturated carbocycles. The standard InChI is InChI=1S/C13H24O3/c1-5-15-12(14)16-11-9-7-6-8-10(11)13(2,3)4/h10-11H,5-9H2,1-4H3/t10-,11-/m1/s1. The highest BCUT2D eigenvalue weighted by Crippen LogP contribution is 2.39. The first-order valence-corrected chi connectivity index (χ1v) is 6.28. The van der Waals surface area contributed by atoms with Gasteiger partial charge in [-0.25, -0.2) is 4.79 Å². The number of carbonyl (C=O) groups is 1. The van der Waals surface area contributed by atoms with E-state index in [1.165, 1.54) is 6.42 Å². The Morgan fingerprint density at radius 1 is 1.25 bits per heavy atom. The van der Waals surface area contributed by atoms with Crippen LogP contribution in [0.1, 0.15) is 53.4 Å². The van der Waals surface area contributed by atoms with Crippen LogP contribution in [0.15, 0.2) is 0 Å². The summed E-state index contributed by atoms with van der Waals surface area (Å²) < 4.78 is 10.3. The van der Waals surface area contributed by atoms with Gasteiger partial charge in [-0.3, -0.25) is 0 Å². The highest BCUT2D eigenvalue weighted by atomic mass is 16.7. The highest BCUT2D eigenvalue weighted by molar-refractivity contribution is 5.60. The monoisotopic (exact) mass is 228 g/mol. The Balaban J connectivity index is 2.57. The Morgan fingerprint density at radius 3 is 2.44 bits per heavy atom. The lowest BCUT2D eigenvalue weighted by atomic mass is 9.71. The van der Waals surface area contributed by atoms with Gasteiger partial charge in [-0.2, -0.15) is 0 Å². The fourth-order valence-electron chi connectivity index (χ4n) is 2.50. The zero-order chi connectivity index (χ0) is 12.2. The molecule has 0 unspecified atom stereocenters. The summed E-state index contributed by atoms with van der Waals surface area (Å²) in [6.07, 6.45) is 4.03. The van der Waals surface area contributed by atoms with Crippen LogP contribution in [-0.2, 0) is 9.47 Å². The van der Waals surface area contributed by atoms with Crippen molar-refractivity contribution in [2.45, 2.75) is 59.5 Å². The molecule has 0 saturated heterocycles. The first-order valence-electron chi connectivity index (χ1n) is 6.28.